The van der Waals surface area contributed by atoms with E-state index in [0.717, 1.165) is 19.4 Å². The Bertz CT molecular complexity index is 320. The monoisotopic (exact) mass is 393 g/mol. The van der Waals surface area contributed by atoms with Gasteiger partial charge >= 0.3 is 0 Å². The molecule has 0 bridgehead atoms. The van der Waals surface area contributed by atoms with Crippen LogP contribution in [0.25, 0.3) is 0 Å². The van der Waals surface area contributed by atoms with Gasteiger partial charge in [0, 0.05) is 19.3 Å². The van der Waals surface area contributed by atoms with Crippen molar-refractivity contribution >= 4 is 39.8 Å². The van der Waals surface area contributed by atoms with Crippen LogP contribution in [0, 0.1) is 0 Å². The van der Waals surface area contributed by atoms with Crippen molar-refractivity contribution in [3.8, 4) is 0 Å². The molecule has 0 saturated heterocycles. The molecule has 0 rings (SSSR count). The first-order valence-corrected chi connectivity index (χ1v) is 7.81. The molecule has 8 heteroatoms. The Morgan fingerprint density at radius 3 is 2.61 bits per heavy atom. The van der Waals surface area contributed by atoms with E-state index in [2.05, 4.69) is 17.2 Å². The average molecular weight is 393 g/mol. The third-order valence-electron chi connectivity index (χ3n) is 1.94. The fourth-order valence-corrected chi connectivity index (χ4v) is 1.40. The van der Waals surface area contributed by atoms with Crippen molar-refractivity contribution in [1.29, 1.82) is 0 Å². The van der Waals surface area contributed by atoms with Crippen molar-refractivity contribution in [2.24, 2.45) is 10.7 Å². The molecular formula is C10H24IN3O3S. The molecule has 0 aliphatic rings. The zero-order chi connectivity index (χ0) is 13.1. The minimum absolute atomic E-state index is 0. The number of nitrogens with zero attached hydrogens (tertiary/aromatic N) is 1. The van der Waals surface area contributed by atoms with Crippen LogP contribution in [0.3, 0.4) is 0 Å². The normalized spacial score (nSPS) is 12.0. The number of guanidine groups is 1. The number of hydrogen-bond acceptors (Lipinski definition) is 4. The highest BCUT2D eigenvalue weighted by Crippen LogP contribution is 1.86. The summed E-state index contributed by atoms with van der Waals surface area (Å²) in [5.41, 5.74) is 5.59. The molecule has 0 aromatic carbocycles. The molecule has 0 aliphatic carbocycles. The molecule has 110 valence electrons. The highest BCUT2D eigenvalue weighted by molar-refractivity contribution is 14.0. The van der Waals surface area contributed by atoms with Crippen molar-refractivity contribution < 1.29 is 13.2 Å². The van der Waals surface area contributed by atoms with Crippen LogP contribution in [-0.4, -0.2) is 52.7 Å². The zero-order valence-corrected chi connectivity index (χ0v) is 14.2. The zero-order valence-electron chi connectivity index (χ0n) is 11.0. The molecule has 0 heterocycles. The van der Waals surface area contributed by atoms with Gasteiger partial charge in [-0.15, -0.1) is 24.0 Å². The van der Waals surface area contributed by atoms with Gasteiger partial charge < -0.3 is 15.8 Å². The molecule has 0 fully saturated rings. The molecule has 0 aromatic rings. The maximum Gasteiger partial charge on any atom is 0.188 e. The Balaban J connectivity index is 0. The van der Waals surface area contributed by atoms with Crippen LogP contribution < -0.4 is 11.1 Å². The van der Waals surface area contributed by atoms with E-state index in [0.29, 0.717) is 19.1 Å². The predicted molar refractivity (Wildman–Crippen MR) is 85.3 cm³/mol. The van der Waals surface area contributed by atoms with Crippen LogP contribution >= 0.6 is 24.0 Å². The lowest BCUT2D eigenvalue weighted by atomic mass is 10.3. The summed E-state index contributed by atoms with van der Waals surface area (Å²) in [4.78, 5) is 4.10. The molecule has 0 aromatic heterocycles. The number of halogens is 1. The van der Waals surface area contributed by atoms with Gasteiger partial charge in [-0.3, -0.25) is 4.99 Å². The Morgan fingerprint density at radius 2 is 2.06 bits per heavy atom. The molecule has 0 saturated carbocycles. The quantitative estimate of drug-likeness (QED) is 0.256. The first-order chi connectivity index (χ1) is 7.95. The largest absolute Gasteiger partial charge is 0.379 e. The molecule has 0 spiro atoms. The number of ether oxygens (including phenoxy) is 1. The SMILES string of the molecule is CCCCN=C(N)NCCOCCS(C)(=O)=O.I. The van der Waals surface area contributed by atoms with E-state index in [4.69, 9.17) is 10.5 Å². The lowest BCUT2D eigenvalue weighted by Gasteiger charge is -2.06. The van der Waals surface area contributed by atoms with Crippen molar-refractivity contribution in [3.05, 3.63) is 0 Å². The van der Waals surface area contributed by atoms with Crippen molar-refractivity contribution in [2.75, 3.05) is 38.3 Å². The number of hydrogen-bond donors (Lipinski definition) is 2. The van der Waals surface area contributed by atoms with Crippen molar-refractivity contribution in [1.82, 2.24) is 5.32 Å². The summed E-state index contributed by atoms with van der Waals surface area (Å²) in [7, 11) is -2.94. The summed E-state index contributed by atoms with van der Waals surface area (Å²) in [5.74, 6) is 0.456. The first-order valence-electron chi connectivity index (χ1n) is 5.75. The number of unbranched alkanes of at least 4 members (excludes halogenated alkanes) is 1. The smallest absolute Gasteiger partial charge is 0.188 e. The standard InChI is InChI=1S/C10H23N3O3S.HI/c1-3-4-5-12-10(11)13-6-7-16-8-9-17(2,14)15;/h3-9H2,1-2H3,(H3,11,12,13);1H. The van der Waals surface area contributed by atoms with Crippen LogP contribution in [-0.2, 0) is 14.6 Å². The Hall–Kier alpha value is -0.0900. The minimum Gasteiger partial charge on any atom is -0.379 e. The van der Waals surface area contributed by atoms with Gasteiger partial charge in [-0.2, -0.15) is 0 Å². The molecule has 0 aliphatic heterocycles. The molecule has 18 heavy (non-hydrogen) atoms. The highest BCUT2D eigenvalue weighted by atomic mass is 127. The fraction of sp³-hybridized carbons (Fsp3) is 0.900. The van der Waals surface area contributed by atoms with Crippen molar-refractivity contribution in [3.63, 3.8) is 0 Å². The van der Waals surface area contributed by atoms with E-state index in [1.165, 1.54) is 6.26 Å². The lowest BCUT2D eigenvalue weighted by molar-refractivity contribution is 0.154. The first kappa shape index (κ1) is 20.2. The Kier molecular flexibility index (Phi) is 13.5. The maximum absolute atomic E-state index is 10.8. The minimum atomic E-state index is -2.94. The topological polar surface area (TPSA) is 93.8 Å². The van der Waals surface area contributed by atoms with Gasteiger partial charge in [-0.1, -0.05) is 13.3 Å². The van der Waals surface area contributed by atoms with Crippen LogP contribution in [0.4, 0.5) is 0 Å². The second kappa shape index (κ2) is 12.0. The van der Waals surface area contributed by atoms with Gasteiger partial charge in [-0.25, -0.2) is 8.42 Å². The Labute approximate surface area is 127 Å². The second-order valence-corrected chi connectivity index (χ2v) is 6.05. The average Bonchev–Trinajstić information content (AvgIpc) is 2.22. The van der Waals surface area contributed by atoms with E-state index in [-0.39, 0.29) is 36.3 Å². The van der Waals surface area contributed by atoms with Gasteiger partial charge in [0.2, 0.25) is 0 Å². The number of nitrogens with one attached hydrogen (secondary N) is 1. The molecule has 3 N–H and O–H groups in total. The van der Waals surface area contributed by atoms with E-state index in [9.17, 15) is 8.42 Å². The van der Waals surface area contributed by atoms with E-state index in [1.54, 1.807) is 0 Å². The second-order valence-electron chi connectivity index (χ2n) is 3.79. The molecule has 6 nitrogen and oxygen atoms in total. The summed E-state index contributed by atoms with van der Waals surface area (Å²) in [6, 6.07) is 0. The van der Waals surface area contributed by atoms with Gasteiger partial charge in [0.25, 0.3) is 0 Å². The fourth-order valence-electron chi connectivity index (χ4n) is 0.977. The number of rotatable bonds is 9. The van der Waals surface area contributed by atoms with E-state index in [1.807, 2.05) is 0 Å². The highest BCUT2D eigenvalue weighted by Gasteiger charge is 2.00. The number of nitrogens with two attached hydrogens (primary N) is 1. The summed E-state index contributed by atoms with van der Waals surface area (Å²) in [5, 5.41) is 2.89. The third-order valence-corrected chi connectivity index (χ3v) is 2.85. The van der Waals surface area contributed by atoms with Gasteiger partial charge in [-0.05, 0) is 6.42 Å². The van der Waals surface area contributed by atoms with Crippen LogP contribution in [0.5, 0.6) is 0 Å². The lowest BCUT2D eigenvalue weighted by Crippen LogP contribution is -2.34. The summed E-state index contributed by atoms with van der Waals surface area (Å²) in [6.07, 6.45) is 3.30. The van der Waals surface area contributed by atoms with Crippen LogP contribution in [0.2, 0.25) is 0 Å². The predicted octanol–water partition coefficient (Wildman–Crippen LogP) is 0.370. The number of sulfone groups is 1. The molecular weight excluding hydrogens is 369 g/mol. The number of aliphatic imine (C=N–C) groups is 1. The molecule has 0 atom stereocenters. The van der Waals surface area contributed by atoms with Crippen molar-refractivity contribution in [2.45, 2.75) is 19.8 Å². The van der Waals surface area contributed by atoms with Gasteiger partial charge in [0.05, 0.1) is 19.0 Å². The van der Waals surface area contributed by atoms with E-state index >= 15 is 0 Å². The molecule has 0 unspecified atom stereocenters. The van der Waals surface area contributed by atoms with Crippen LogP contribution in [0.15, 0.2) is 4.99 Å². The van der Waals surface area contributed by atoms with Gasteiger partial charge in [0.15, 0.2) is 5.96 Å². The van der Waals surface area contributed by atoms with E-state index < -0.39 is 9.84 Å². The summed E-state index contributed by atoms with van der Waals surface area (Å²) >= 11 is 0. The molecule has 0 amide bonds. The van der Waals surface area contributed by atoms with Gasteiger partial charge in [0.1, 0.15) is 9.84 Å². The van der Waals surface area contributed by atoms with Crippen LogP contribution in [0.1, 0.15) is 19.8 Å². The summed E-state index contributed by atoms with van der Waals surface area (Å²) < 4.78 is 26.7. The maximum atomic E-state index is 10.8. The molecule has 0 radical (unpaired) electrons. The Morgan fingerprint density at radius 1 is 1.39 bits per heavy atom. The third kappa shape index (κ3) is 15.9. The summed E-state index contributed by atoms with van der Waals surface area (Å²) in [6.45, 7) is 3.98.